The Labute approximate surface area is 151 Å². The van der Waals surface area contributed by atoms with Crippen LogP contribution in [0.3, 0.4) is 0 Å². The molecule has 0 radical (unpaired) electrons. The smallest absolute Gasteiger partial charge is 0.267 e. The minimum absolute atomic E-state index is 0.231. The van der Waals surface area contributed by atoms with Crippen molar-refractivity contribution in [3.63, 3.8) is 0 Å². The van der Waals surface area contributed by atoms with Crippen molar-refractivity contribution >= 4 is 22.8 Å². The van der Waals surface area contributed by atoms with E-state index in [1.807, 2.05) is 11.5 Å². The van der Waals surface area contributed by atoms with Crippen molar-refractivity contribution < 1.29 is 4.57 Å². The van der Waals surface area contributed by atoms with E-state index < -0.39 is 0 Å². The number of nitrogens with zero attached hydrogens (tertiary/aromatic N) is 4. The molecule has 0 spiro atoms. The fourth-order valence-electron chi connectivity index (χ4n) is 3.81. The van der Waals surface area contributed by atoms with Gasteiger partial charge in [0, 0.05) is 19.5 Å². The Morgan fingerprint density at radius 3 is 2.58 bits per heavy atom. The number of hydrogen-bond donors (Lipinski definition) is 1. The first-order valence-corrected chi connectivity index (χ1v) is 9.02. The average molecular weight is 354 g/mol. The molecule has 0 fully saturated rings. The molecule has 3 aromatic rings. The predicted octanol–water partition coefficient (Wildman–Crippen LogP) is 1.43. The maximum atomic E-state index is 13.0. The number of fused-ring (bicyclic) bond motifs is 3. The van der Waals surface area contributed by atoms with Crippen LogP contribution in [0.1, 0.15) is 19.4 Å². The maximum Gasteiger partial charge on any atom is 0.364 e. The molecule has 2 aromatic heterocycles. The standard InChI is InChI=1S/C19H23N5O2/c1-5-22-17(25)15-16(21(4)19(22)26)20-18-23(10-13(3)11-24(15)18)14-8-6-12(2)7-9-14/h6-9,13H,5,10-11H2,1-4H3/p+1/t13-/m1/s1. The quantitative estimate of drug-likeness (QED) is 0.708. The molecule has 0 saturated carbocycles. The summed E-state index contributed by atoms with van der Waals surface area (Å²) >= 11 is 0. The summed E-state index contributed by atoms with van der Waals surface area (Å²) < 4.78 is 4.85. The molecule has 7 nitrogen and oxygen atoms in total. The molecule has 1 atom stereocenters. The summed E-state index contributed by atoms with van der Waals surface area (Å²) in [4.78, 5) is 31.0. The zero-order valence-electron chi connectivity index (χ0n) is 15.6. The van der Waals surface area contributed by atoms with E-state index >= 15 is 0 Å². The van der Waals surface area contributed by atoms with Gasteiger partial charge in [-0.2, -0.15) is 0 Å². The van der Waals surface area contributed by atoms with E-state index in [9.17, 15) is 9.59 Å². The van der Waals surface area contributed by atoms with Crippen LogP contribution in [0.2, 0.25) is 0 Å². The molecule has 26 heavy (non-hydrogen) atoms. The Morgan fingerprint density at radius 1 is 1.23 bits per heavy atom. The number of hydrogen-bond acceptors (Lipinski definition) is 3. The fraction of sp³-hybridized carbons (Fsp3) is 0.421. The summed E-state index contributed by atoms with van der Waals surface area (Å²) in [7, 11) is 1.71. The highest BCUT2D eigenvalue weighted by Crippen LogP contribution is 2.28. The number of anilines is 2. The van der Waals surface area contributed by atoms with E-state index in [2.05, 4.69) is 48.0 Å². The lowest BCUT2D eigenvalue weighted by Crippen LogP contribution is -2.52. The van der Waals surface area contributed by atoms with Crippen LogP contribution in [0.5, 0.6) is 0 Å². The Bertz CT molecular complexity index is 1100. The van der Waals surface area contributed by atoms with Crippen LogP contribution in [-0.4, -0.2) is 20.7 Å². The van der Waals surface area contributed by atoms with Crippen molar-refractivity contribution in [1.29, 1.82) is 0 Å². The second kappa shape index (κ2) is 5.86. The Kier molecular flexibility index (Phi) is 3.75. The van der Waals surface area contributed by atoms with Crippen LogP contribution in [0.15, 0.2) is 33.9 Å². The summed E-state index contributed by atoms with van der Waals surface area (Å²) in [5.41, 5.74) is 2.89. The number of H-pyrrole nitrogens is 1. The zero-order chi connectivity index (χ0) is 18.6. The summed E-state index contributed by atoms with van der Waals surface area (Å²) in [6.07, 6.45) is 0. The van der Waals surface area contributed by atoms with Gasteiger partial charge in [-0.25, -0.2) is 19.2 Å². The van der Waals surface area contributed by atoms with Gasteiger partial charge < -0.3 is 0 Å². The highest BCUT2D eigenvalue weighted by molar-refractivity contribution is 5.70. The van der Waals surface area contributed by atoms with Crippen LogP contribution in [0, 0.1) is 12.8 Å². The summed E-state index contributed by atoms with van der Waals surface area (Å²) in [6.45, 7) is 8.02. The van der Waals surface area contributed by atoms with E-state index in [1.54, 1.807) is 7.05 Å². The first kappa shape index (κ1) is 16.6. The molecule has 0 bridgehead atoms. The first-order chi connectivity index (χ1) is 12.4. The molecule has 1 aliphatic rings. The van der Waals surface area contributed by atoms with Crippen molar-refractivity contribution in [3.05, 3.63) is 50.7 Å². The van der Waals surface area contributed by atoms with Gasteiger partial charge in [0.05, 0.1) is 13.1 Å². The number of nitrogens with one attached hydrogen (secondary N) is 1. The number of aryl methyl sites for hydroxylation is 2. The van der Waals surface area contributed by atoms with Gasteiger partial charge >= 0.3 is 11.6 Å². The fourth-order valence-corrected chi connectivity index (χ4v) is 3.81. The lowest BCUT2D eigenvalue weighted by atomic mass is 10.1. The summed E-state index contributed by atoms with van der Waals surface area (Å²) in [5, 5.41) is 0. The average Bonchev–Trinajstić information content (AvgIpc) is 3.00. The predicted molar refractivity (Wildman–Crippen MR) is 101 cm³/mol. The van der Waals surface area contributed by atoms with Crippen molar-refractivity contribution in [1.82, 2.24) is 14.1 Å². The number of aromatic amines is 1. The lowest BCUT2D eigenvalue weighted by molar-refractivity contribution is -0.669. The van der Waals surface area contributed by atoms with Gasteiger partial charge in [-0.1, -0.05) is 24.6 Å². The van der Waals surface area contributed by atoms with Crippen molar-refractivity contribution in [2.75, 3.05) is 11.4 Å². The van der Waals surface area contributed by atoms with E-state index in [0.29, 0.717) is 23.6 Å². The van der Waals surface area contributed by atoms with Gasteiger partial charge in [-0.15, -0.1) is 0 Å². The third-order valence-corrected chi connectivity index (χ3v) is 5.19. The molecule has 136 valence electrons. The number of aromatic nitrogens is 4. The van der Waals surface area contributed by atoms with Crippen LogP contribution >= 0.6 is 0 Å². The summed E-state index contributed by atoms with van der Waals surface area (Å²) in [5.74, 6) is 1.22. The molecule has 7 heteroatoms. The Hall–Kier alpha value is -2.83. The number of imidazole rings is 1. The van der Waals surface area contributed by atoms with Gasteiger partial charge in [0.15, 0.2) is 0 Å². The third kappa shape index (κ3) is 2.30. The van der Waals surface area contributed by atoms with E-state index in [4.69, 9.17) is 0 Å². The third-order valence-electron chi connectivity index (χ3n) is 5.19. The number of benzene rings is 1. The molecule has 1 N–H and O–H groups in total. The topological polar surface area (TPSA) is 66.9 Å². The second-order valence-corrected chi connectivity index (χ2v) is 7.20. The molecule has 0 aliphatic carbocycles. The highest BCUT2D eigenvalue weighted by atomic mass is 16.2. The molecule has 4 rings (SSSR count). The van der Waals surface area contributed by atoms with Gasteiger partial charge in [0.1, 0.15) is 5.69 Å². The van der Waals surface area contributed by atoms with Gasteiger partial charge in [-0.05, 0) is 26.0 Å². The molecule has 3 heterocycles. The van der Waals surface area contributed by atoms with Crippen LogP contribution in [-0.2, 0) is 20.1 Å². The molecular weight excluding hydrogens is 330 g/mol. The first-order valence-electron chi connectivity index (χ1n) is 9.02. The van der Waals surface area contributed by atoms with Crippen molar-refractivity contribution in [3.8, 4) is 0 Å². The van der Waals surface area contributed by atoms with Crippen molar-refractivity contribution in [2.24, 2.45) is 13.0 Å². The monoisotopic (exact) mass is 354 g/mol. The highest BCUT2D eigenvalue weighted by Gasteiger charge is 2.35. The van der Waals surface area contributed by atoms with Crippen LogP contribution in [0.4, 0.5) is 11.6 Å². The molecule has 1 aromatic carbocycles. The van der Waals surface area contributed by atoms with Gasteiger partial charge in [0.2, 0.25) is 11.2 Å². The Balaban J connectivity index is 2.03. The molecular formula is C19H24N5O2+. The van der Waals surface area contributed by atoms with E-state index in [-0.39, 0.29) is 11.2 Å². The van der Waals surface area contributed by atoms with Crippen LogP contribution < -0.4 is 20.7 Å². The van der Waals surface area contributed by atoms with Gasteiger partial charge in [-0.3, -0.25) is 13.9 Å². The lowest BCUT2D eigenvalue weighted by Gasteiger charge is -2.26. The maximum absolute atomic E-state index is 13.0. The van der Waals surface area contributed by atoms with E-state index in [1.165, 1.54) is 14.7 Å². The summed E-state index contributed by atoms with van der Waals surface area (Å²) in [6, 6.07) is 8.35. The number of rotatable bonds is 2. The molecule has 0 unspecified atom stereocenters. The Morgan fingerprint density at radius 2 is 1.92 bits per heavy atom. The van der Waals surface area contributed by atoms with E-state index in [0.717, 1.165) is 24.7 Å². The SMILES string of the molecule is CCn1c(=O)c2c([nH]c3[n+]2C[C@H](C)CN3c2ccc(C)cc2)n(C)c1=O. The van der Waals surface area contributed by atoms with Gasteiger partial charge in [0.25, 0.3) is 5.56 Å². The zero-order valence-corrected chi connectivity index (χ0v) is 15.6. The minimum Gasteiger partial charge on any atom is -0.267 e. The van der Waals surface area contributed by atoms with Crippen LogP contribution in [0.25, 0.3) is 11.2 Å². The largest absolute Gasteiger partial charge is 0.364 e. The van der Waals surface area contributed by atoms with Crippen molar-refractivity contribution in [2.45, 2.75) is 33.9 Å². The normalized spacial score (nSPS) is 16.9. The minimum atomic E-state index is -0.292. The molecule has 0 saturated heterocycles. The molecule has 0 amide bonds. The molecule has 1 aliphatic heterocycles. The second-order valence-electron chi connectivity index (χ2n) is 7.20.